The van der Waals surface area contributed by atoms with Crippen molar-refractivity contribution in [3.63, 3.8) is 0 Å². The van der Waals surface area contributed by atoms with E-state index in [0.717, 1.165) is 56.0 Å². The predicted octanol–water partition coefficient (Wildman–Crippen LogP) is 1.60. The average molecular weight is 562 g/mol. The number of likely N-dealkylation sites (N-methyl/N-ethyl adjacent to an activating group) is 1. The fraction of sp³-hybridized carbons (Fsp3) is 0.433. The predicted molar refractivity (Wildman–Crippen MR) is 151 cm³/mol. The van der Waals surface area contributed by atoms with Gasteiger partial charge in [0.25, 0.3) is 11.8 Å². The first-order chi connectivity index (χ1) is 19.8. The molecule has 1 saturated heterocycles. The minimum Gasteiger partial charge on any atom is -0.490 e. The second kappa shape index (κ2) is 12.1. The van der Waals surface area contributed by atoms with Gasteiger partial charge in [-0.3, -0.25) is 29.0 Å². The van der Waals surface area contributed by atoms with Crippen LogP contribution in [-0.4, -0.2) is 91.1 Å². The monoisotopic (exact) mass is 561 g/mol. The van der Waals surface area contributed by atoms with Crippen LogP contribution in [0.3, 0.4) is 0 Å². The van der Waals surface area contributed by atoms with Crippen LogP contribution in [0.15, 0.2) is 42.5 Å². The number of ether oxygens (including phenoxy) is 1. The normalized spacial score (nSPS) is 21.5. The Morgan fingerprint density at radius 3 is 2.39 bits per heavy atom. The lowest BCUT2D eigenvalue weighted by Gasteiger charge is -2.39. The summed E-state index contributed by atoms with van der Waals surface area (Å²) >= 11 is 0. The first-order valence-corrected chi connectivity index (χ1v) is 14.0. The molecule has 11 nitrogen and oxygen atoms in total. The lowest BCUT2D eigenvalue weighted by Crippen LogP contribution is -2.50. The highest BCUT2D eigenvalue weighted by Gasteiger charge is 2.43. The van der Waals surface area contributed by atoms with Crippen molar-refractivity contribution >= 4 is 35.6 Å². The zero-order valence-corrected chi connectivity index (χ0v) is 23.1. The molecule has 3 atom stereocenters. The number of primary amides is 1. The number of rotatable bonds is 10. The molecule has 1 aliphatic carbocycles. The van der Waals surface area contributed by atoms with Gasteiger partial charge in [0.1, 0.15) is 24.2 Å². The topological polar surface area (TPSA) is 142 Å². The van der Waals surface area contributed by atoms with Crippen LogP contribution < -0.4 is 20.7 Å². The molecular weight excluding hydrogens is 526 g/mol. The molecule has 0 spiro atoms. The van der Waals surface area contributed by atoms with Gasteiger partial charge in [0, 0.05) is 56.9 Å². The second-order valence-electron chi connectivity index (χ2n) is 10.7. The van der Waals surface area contributed by atoms with Crippen LogP contribution >= 0.6 is 0 Å². The van der Waals surface area contributed by atoms with Crippen LogP contribution in [0.4, 0.5) is 5.69 Å². The molecule has 41 heavy (non-hydrogen) atoms. The van der Waals surface area contributed by atoms with E-state index in [1.807, 2.05) is 12.1 Å². The van der Waals surface area contributed by atoms with Crippen molar-refractivity contribution in [2.24, 2.45) is 5.73 Å². The number of carbonyl (C=O) groups excluding carboxylic acids is 5. The first kappa shape index (κ1) is 28.3. The maximum atomic E-state index is 13.2. The summed E-state index contributed by atoms with van der Waals surface area (Å²) in [6.07, 6.45) is 3.55. The Kier molecular flexibility index (Phi) is 8.34. The SMILES string of the molecule is CNC(=O)C(CCC=O)N1C(=O)c2ccc(OC3CCC(N4CCN(c5ccc(C(N)=O)cc5)CC4)C3)cc2C1=O. The van der Waals surface area contributed by atoms with Gasteiger partial charge < -0.3 is 25.5 Å². The van der Waals surface area contributed by atoms with Gasteiger partial charge in [0.2, 0.25) is 11.8 Å². The minimum absolute atomic E-state index is 0.00746. The summed E-state index contributed by atoms with van der Waals surface area (Å²) in [5, 5.41) is 2.48. The van der Waals surface area contributed by atoms with E-state index in [-0.39, 0.29) is 30.1 Å². The van der Waals surface area contributed by atoms with Gasteiger partial charge in [0.15, 0.2) is 0 Å². The third-order valence-corrected chi connectivity index (χ3v) is 8.32. The smallest absolute Gasteiger partial charge is 0.262 e. The highest BCUT2D eigenvalue weighted by atomic mass is 16.5. The molecule has 1 saturated carbocycles. The number of imide groups is 1. The summed E-state index contributed by atoms with van der Waals surface area (Å²) in [4.78, 5) is 66.6. The van der Waals surface area contributed by atoms with Crippen molar-refractivity contribution < 1.29 is 28.7 Å². The van der Waals surface area contributed by atoms with E-state index in [1.54, 1.807) is 30.3 Å². The molecule has 3 N–H and O–H groups in total. The fourth-order valence-corrected chi connectivity index (χ4v) is 6.10. The maximum absolute atomic E-state index is 13.2. The molecule has 2 aromatic rings. The Morgan fingerprint density at radius 2 is 1.73 bits per heavy atom. The molecule has 0 radical (unpaired) electrons. The van der Waals surface area contributed by atoms with E-state index in [0.29, 0.717) is 23.6 Å². The van der Waals surface area contributed by atoms with Gasteiger partial charge in [-0.25, -0.2) is 0 Å². The van der Waals surface area contributed by atoms with E-state index in [2.05, 4.69) is 15.1 Å². The third kappa shape index (κ3) is 5.81. The summed E-state index contributed by atoms with van der Waals surface area (Å²) in [6.45, 7) is 3.63. The van der Waals surface area contributed by atoms with Gasteiger partial charge in [-0.15, -0.1) is 0 Å². The number of hydrogen-bond donors (Lipinski definition) is 2. The number of carbonyl (C=O) groups is 5. The Morgan fingerprint density at radius 1 is 1.02 bits per heavy atom. The molecule has 11 heteroatoms. The molecule has 2 aromatic carbocycles. The number of hydrogen-bond acceptors (Lipinski definition) is 8. The molecule has 216 valence electrons. The molecule has 2 fully saturated rings. The zero-order valence-electron chi connectivity index (χ0n) is 23.1. The Balaban J connectivity index is 1.17. The van der Waals surface area contributed by atoms with Crippen LogP contribution in [0.1, 0.15) is 63.2 Å². The number of aldehydes is 1. The van der Waals surface area contributed by atoms with Gasteiger partial charge in [-0.2, -0.15) is 0 Å². The van der Waals surface area contributed by atoms with Crippen LogP contribution in [0.2, 0.25) is 0 Å². The Bertz CT molecular complexity index is 1340. The standard InChI is InChI=1S/C30H35N5O6/c1-32-28(38)26(3-2-16-36)35-29(39)24-11-10-23(18-25(24)30(35)40)41-22-9-8-21(17-22)34-14-12-33(13-15-34)20-6-4-19(5-7-20)27(31)37/h4-7,10-11,16,18,21-22,26H,2-3,8-9,12-15,17H2,1H3,(H2,31,37)(H,32,38). The molecule has 3 unspecified atom stereocenters. The highest BCUT2D eigenvalue weighted by Crippen LogP contribution is 2.33. The second-order valence-corrected chi connectivity index (χ2v) is 10.7. The van der Waals surface area contributed by atoms with Crippen LogP contribution in [0.25, 0.3) is 0 Å². The van der Waals surface area contributed by atoms with E-state index in [9.17, 15) is 24.0 Å². The number of nitrogens with one attached hydrogen (secondary N) is 1. The zero-order chi connectivity index (χ0) is 29.1. The fourth-order valence-electron chi connectivity index (χ4n) is 6.10. The first-order valence-electron chi connectivity index (χ1n) is 14.0. The lowest BCUT2D eigenvalue weighted by molar-refractivity contribution is -0.124. The van der Waals surface area contributed by atoms with E-state index in [4.69, 9.17) is 10.5 Å². The number of amides is 4. The van der Waals surface area contributed by atoms with Gasteiger partial charge in [-0.1, -0.05) is 0 Å². The molecule has 0 aromatic heterocycles. The molecule has 2 heterocycles. The molecule has 4 amide bonds. The minimum atomic E-state index is -1.05. The van der Waals surface area contributed by atoms with Crippen molar-refractivity contribution in [2.75, 3.05) is 38.1 Å². The Labute approximate surface area is 238 Å². The average Bonchev–Trinajstić information content (AvgIpc) is 3.55. The van der Waals surface area contributed by atoms with Crippen molar-refractivity contribution in [3.05, 3.63) is 59.2 Å². The van der Waals surface area contributed by atoms with E-state index in [1.165, 1.54) is 7.05 Å². The van der Waals surface area contributed by atoms with Gasteiger partial charge >= 0.3 is 0 Å². The summed E-state index contributed by atoms with van der Waals surface area (Å²) in [5.74, 6) is -1.49. The van der Waals surface area contributed by atoms with Gasteiger partial charge in [0.05, 0.1) is 11.1 Å². The number of piperazine rings is 1. The molecular formula is C30H35N5O6. The lowest BCUT2D eigenvalue weighted by atomic mass is 10.1. The number of benzene rings is 2. The summed E-state index contributed by atoms with van der Waals surface area (Å²) in [6, 6.07) is 11.6. The molecule has 5 rings (SSSR count). The van der Waals surface area contributed by atoms with Crippen molar-refractivity contribution in [3.8, 4) is 5.75 Å². The number of fused-ring (bicyclic) bond motifs is 1. The molecule has 0 bridgehead atoms. The van der Waals surface area contributed by atoms with Crippen molar-refractivity contribution in [2.45, 2.75) is 50.3 Å². The quantitative estimate of drug-likeness (QED) is 0.329. The summed E-state index contributed by atoms with van der Waals surface area (Å²) in [5.41, 5.74) is 7.37. The summed E-state index contributed by atoms with van der Waals surface area (Å²) in [7, 11) is 1.43. The van der Waals surface area contributed by atoms with Crippen molar-refractivity contribution in [1.82, 2.24) is 15.1 Å². The maximum Gasteiger partial charge on any atom is 0.262 e. The Hall–Kier alpha value is -4.25. The van der Waals surface area contributed by atoms with Gasteiger partial charge in [-0.05, 0) is 68.1 Å². The number of anilines is 1. The summed E-state index contributed by atoms with van der Waals surface area (Å²) < 4.78 is 6.27. The molecule has 3 aliphatic rings. The van der Waals surface area contributed by atoms with Crippen LogP contribution in [-0.2, 0) is 9.59 Å². The third-order valence-electron chi connectivity index (χ3n) is 8.32. The molecule has 2 aliphatic heterocycles. The van der Waals surface area contributed by atoms with Crippen molar-refractivity contribution in [1.29, 1.82) is 0 Å². The van der Waals surface area contributed by atoms with Crippen LogP contribution in [0, 0.1) is 0 Å². The highest BCUT2D eigenvalue weighted by molar-refractivity contribution is 6.23. The number of nitrogens with zero attached hydrogens (tertiary/aromatic N) is 3. The van der Waals surface area contributed by atoms with E-state index < -0.39 is 29.7 Å². The largest absolute Gasteiger partial charge is 0.490 e. The number of nitrogens with two attached hydrogens (primary N) is 1. The van der Waals surface area contributed by atoms with E-state index >= 15 is 0 Å². The van der Waals surface area contributed by atoms with Crippen LogP contribution in [0.5, 0.6) is 5.75 Å².